The van der Waals surface area contributed by atoms with E-state index >= 15 is 0 Å². The Balaban J connectivity index is 1.39. The van der Waals surface area contributed by atoms with Crippen molar-refractivity contribution < 1.29 is 27.5 Å². The Morgan fingerprint density at radius 2 is 1.73 bits per heavy atom. The van der Waals surface area contributed by atoms with Gasteiger partial charge in [-0.05, 0) is 94.9 Å². The number of amides is 1. The summed E-state index contributed by atoms with van der Waals surface area (Å²) in [6.07, 6.45) is -1.47. The summed E-state index contributed by atoms with van der Waals surface area (Å²) in [6.45, 7) is 8.22. The van der Waals surface area contributed by atoms with Crippen LogP contribution in [0.5, 0.6) is 5.75 Å². The maximum absolute atomic E-state index is 14.1. The molecular weight excluding hydrogens is 623 g/mol. The SMILES string of the molecule is COc1ccccc1-c1ccc(C(=O)N(C)CC2CCN(C(C)C)CC2)c(N2CCCC(Nc3ccc(C(=O)C(F)(F)F)c(N)n3)C2)n1. The first-order valence-corrected chi connectivity index (χ1v) is 16.4. The fourth-order valence-electron chi connectivity index (χ4n) is 6.59. The molecule has 1 aromatic carbocycles. The minimum Gasteiger partial charge on any atom is -0.496 e. The fourth-order valence-corrected chi connectivity index (χ4v) is 6.59. The van der Waals surface area contributed by atoms with Gasteiger partial charge in [0.15, 0.2) is 0 Å². The van der Waals surface area contributed by atoms with E-state index in [4.69, 9.17) is 15.5 Å². The molecule has 5 rings (SSSR count). The molecule has 2 fully saturated rings. The lowest BCUT2D eigenvalue weighted by Gasteiger charge is -2.37. The molecule has 0 radical (unpaired) electrons. The second kappa shape index (κ2) is 14.8. The largest absolute Gasteiger partial charge is 0.496 e. The molecule has 0 spiro atoms. The first-order chi connectivity index (χ1) is 22.8. The van der Waals surface area contributed by atoms with Crippen molar-refractivity contribution in [3.05, 3.63) is 59.7 Å². The first-order valence-electron chi connectivity index (χ1n) is 16.4. The summed E-state index contributed by atoms with van der Waals surface area (Å²) in [5, 5.41) is 3.26. The van der Waals surface area contributed by atoms with Gasteiger partial charge in [0.25, 0.3) is 11.7 Å². The van der Waals surface area contributed by atoms with Crippen molar-refractivity contribution in [3.8, 4) is 17.0 Å². The van der Waals surface area contributed by atoms with Gasteiger partial charge in [0.2, 0.25) is 0 Å². The molecule has 1 atom stereocenters. The Hall–Kier alpha value is -4.39. The molecule has 4 heterocycles. The number of aromatic nitrogens is 2. The zero-order chi connectivity index (χ0) is 34.6. The molecule has 10 nitrogen and oxygen atoms in total. The predicted octanol–water partition coefficient (Wildman–Crippen LogP) is 5.75. The lowest BCUT2D eigenvalue weighted by atomic mass is 9.95. The molecule has 3 N–H and O–H groups in total. The number of nitrogens with two attached hydrogens (primary N) is 1. The Labute approximate surface area is 279 Å². The molecule has 2 saturated heterocycles. The number of hydrogen-bond acceptors (Lipinski definition) is 9. The third-order valence-electron chi connectivity index (χ3n) is 9.25. The number of Topliss-reactive ketones (excluding diaryl/α,β-unsaturated/α-hetero) is 1. The minimum atomic E-state index is -5.05. The van der Waals surface area contributed by atoms with Crippen LogP contribution >= 0.6 is 0 Å². The lowest BCUT2D eigenvalue weighted by molar-refractivity contribution is -0.0884. The normalized spacial score (nSPS) is 17.8. The van der Waals surface area contributed by atoms with Crippen molar-refractivity contribution in [3.63, 3.8) is 0 Å². The van der Waals surface area contributed by atoms with Crippen LogP contribution in [-0.2, 0) is 0 Å². The second-order valence-electron chi connectivity index (χ2n) is 12.9. The van der Waals surface area contributed by atoms with E-state index in [1.54, 1.807) is 12.0 Å². The van der Waals surface area contributed by atoms with E-state index in [0.717, 1.165) is 50.4 Å². The Kier molecular flexibility index (Phi) is 10.8. The molecule has 13 heteroatoms. The van der Waals surface area contributed by atoms with E-state index in [1.807, 2.05) is 43.4 Å². The zero-order valence-corrected chi connectivity index (χ0v) is 27.9. The molecule has 2 aromatic heterocycles. The predicted molar refractivity (Wildman–Crippen MR) is 181 cm³/mol. The fraction of sp³-hybridized carbons (Fsp3) is 0.486. The molecular formula is C35H44F3N7O3. The number of anilines is 3. The number of nitrogens with zero attached hydrogens (tertiary/aromatic N) is 5. The summed E-state index contributed by atoms with van der Waals surface area (Å²) >= 11 is 0. The van der Waals surface area contributed by atoms with Crippen LogP contribution in [0.3, 0.4) is 0 Å². The highest BCUT2D eigenvalue weighted by Gasteiger charge is 2.40. The van der Waals surface area contributed by atoms with Crippen LogP contribution in [-0.4, -0.2) is 96.6 Å². The highest BCUT2D eigenvalue weighted by molar-refractivity contribution is 6.04. The minimum absolute atomic E-state index is 0.107. The number of para-hydroxylation sites is 1. The van der Waals surface area contributed by atoms with Gasteiger partial charge in [0.05, 0.1) is 23.9 Å². The second-order valence-corrected chi connectivity index (χ2v) is 12.9. The number of carbonyl (C=O) groups excluding carboxylic acids is 2. The third kappa shape index (κ3) is 8.00. The summed E-state index contributed by atoms with van der Waals surface area (Å²) in [4.78, 5) is 41.2. The molecule has 2 aliphatic heterocycles. The van der Waals surface area contributed by atoms with E-state index in [2.05, 4.69) is 33.9 Å². The topological polar surface area (TPSA) is 117 Å². The Bertz CT molecular complexity index is 1610. The molecule has 1 unspecified atom stereocenters. The van der Waals surface area contributed by atoms with Crippen molar-refractivity contribution >= 4 is 29.1 Å². The number of nitrogens with one attached hydrogen (secondary N) is 1. The first kappa shape index (κ1) is 34.9. The molecule has 0 bridgehead atoms. The number of carbonyl (C=O) groups is 2. The van der Waals surface area contributed by atoms with Crippen molar-refractivity contribution in [2.45, 2.75) is 57.8 Å². The van der Waals surface area contributed by atoms with Gasteiger partial charge in [-0.2, -0.15) is 13.2 Å². The number of pyridine rings is 2. The van der Waals surface area contributed by atoms with Gasteiger partial charge in [-0.25, -0.2) is 9.97 Å². The summed E-state index contributed by atoms with van der Waals surface area (Å²) in [5.41, 5.74) is 7.03. The quantitative estimate of drug-likeness (QED) is 0.261. The number of methoxy groups -OCH3 is 1. The van der Waals surface area contributed by atoms with Gasteiger partial charge in [-0.15, -0.1) is 0 Å². The number of ether oxygens (including phenoxy) is 1. The number of piperidine rings is 2. The van der Waals surface area contributed by atoms with Crippen molar-refractivity contribution in [2.75, 3.05) is 62.8 Å². The van der Waals surface area contributed by atoms with E-state index < -0.39 is 23.3 Å². The Morgan fingerprint density at radius 1 is 1.02 bits per heavy atom. The summed E-state index contributed by atoms with van der Waals surface area (Å²) in [6, 6.07) is 13.9. The standard InChI is InChI=1S/C35H44F3N7O3/c1-22(2)44-18-15-23(16-19-44)20-43(3)34(47)27-11-13-28(25-9-5-6-10-29(25)48-4)41-33(27)45-17-7-8-24(21-45)40-30-14-12-26(32(39)42-30)31(46)35(36,37)38/h5-6,9-14,22-24H,7-8,15-21H2,1-4H3,(H3,39,40,42). The zero-order valence-electron chi connectivity index (χ0n) is 27.9. The summed E-state index contributed by atoms with van der Waals surface area (Å²) < 4.78 is 44.5. The smallest absolute Gasteiger partial charge is 0.455 e. The highest BCUT2D eigenvalue weighted by atomic mass is 19.4. The monoisotopic (exact) mass is 667 g/mol. The van der Waals surface area contributed by atoms with E-state index in [9.17, 15) is 22.8 Å². The van der Waals surface area contributed by atoms with Gasteiger partial charge in [-0.1, -0.05) is 12.1 Å². The number of benzene rings is 1. The van der Waals surface area contributed by atoms with Crippen molar-refractivity contribution in [1.82, 2.24) is 19.8 Å². The van der Waals surface area contributed by atoms with Crippen LogP contribution in [0.15, 0.2) is 48.5 Å². The highest BCUT2D eigenvalue weighted by Crippen LogP contribution is 2.33. The van der Waals surface area contributed by atoms with Crippen LogP contribution < -0.4 is 20.7 Å². The molecule has 0 aliphatic carbocycles. The molecule has 1 amide bonds. The number of alkyl halides is 3. The molecule has 48 heavy (non-hydrogen) atoms. The maximum atomic E-state index is 14.1. The van der Waals surface area contributed by atoms with Gasteiger partial charge in [0.1, 0.15) is 23.2 Å². The lowest BCUT2D eigenvalue weighted by Crippen LogP contribution is -2.44. The summed E-state index contributed by atoms with van der Waals surface area (Å²) in [7, 11) is 3.45. The van der Waals surface area contributed by atoms with Crippen LogP contribution in [0.25, 0.3) is 11.3 Å². The number of ketones is 1. The van der Waals surface area contributed by atoms with Gasteiger partial charge >= 0.3 is 6.18 Å². The molecule has 3 aromatic rings. The maximum Gasteiger partial charge on any atom is 0.455 e. The average molecular weight is 668 g/mol. The van der Waals surface area contributed by atoms with Crippen LogP contribution in [0.2, 0.25) is 0 Å². The van der Waals surface area contributed by atoms with Crippen LogP contribution in [0.1, 0.15) is 60.2 Å². The number of hydrogen-bond donors (Lipinski definition) is 2. The molecule has 0 saturated carbocycles. The average Bonchev–Trinajstić information content (AvgIpc) is 3.07. The third-order valence-corrected chi connectivity index (χ3v) is 9.25. The van der Waals surface area contributed by atoms with Crippen LogP contribution in [0.4, 0.5) is 30.6 Å². The van der Waals surface area contributed by atoms with Gasteiger partial charge in [0, 0.05) is 44.3 Å². The van der Waals surface area contributed by atoms with E-state index in [0.29, 0.717) is 54.4 Å². The summed E-state index contributed by atoms with van der Waals surface area (Å²) in [5.74, 6) is -0.749. The van der Waals surface area contributed by atoms with Gasteiger partial charge < -0.3 is 30.5 Å². The van der Waals surface area contributed by atoms with E-state index in [1.165, 1.54) is 6.07 Å². The van der Waals surface area contributed by atoms with E-state index in [-0.39, 0.29) is 17.8 Å². The number of halogens is 3. The number of nitrogen functional groups attached to an aromatic ring is 1. The van der Waals surface area contributed by atoms with Crippen molar-refractivity contribution in [1.29, 1.82) is 0 Å². The molecule has 2 aliphatic rings. The number of rotatable bonds is 10. The van der Waals surface area contributed by atoms with Gasteiger partial charge in [-0.3, -0.25) is 9.59 Å². The molecule has 258 valence electrons. The van der Waals surface area contributed by atoms with Crippen LogP contribution in [0, 0.1) is 5.92 Å². The number of likely N-dealkylation sites (tertiary alicyclic amines) is 1. The van der Waals surface area contributed by atoms with Crippen molar-refractivity contribution in [2.24, 2.45) is 5.92 Å². The Morgan fingerprint density at radius 3 is 2.40 bits per heavy atom.